The van der Waals surface area contributed by atoms with Crippen LogP contribution in [0, 0.1) is 11.8 Å². The molecule has 2 aliphatic rings. The smallest absolute Gasteiger partial charge is 0.328 e. The van der Waals surface area contributed by atoms with Gasteiger partial charge >= 0.3 is 5.97 Å². The van der Waals surface area contributed by atoms with E-state index in [9.17, 15) is 39.0 Å². The zero-order valence-electron chi connectivity index (χ0n) is 37.5. The van der Waals surface area contributed by atoms with Crippen LogP contribution in [0.1, 0.15) is 41.5 Å². The standard InChI is InChI=1S/C55H54N4O9/c60-34-50(55(66)67)59-53(64)45-30-38-15-22-47(23-16-38)68-35-46(61)32-44(29-37-11-18-42(19-12-37)43-25-27-56-28-26-43)52(63)58-49(31-39-13-20-41(21-14-39)40-9-5-2-6-10-40)54(65)57-48(51(62)33-45)24-17-36-7-3-1-4-8-36/h1-16,18-23,25-28,44-45,48-50,60H,17,24,29-35H2,(H,57,65)(H,58,63)(H,59,64)(H,66,67)/t44-,45-,48+,49-,50+/m1/s1. The van der Waals surface area contributed by atoms with E-state index in [4.69, 9.17) is 4.74 Å². The van der Waals surface area contributed by atoms with Crippen LogP contribution < -0.4 is 20.7 Å². The second-order valence-corrected chi connectivity index (χ2v) is 17.1. The van der Waals surface area contributed by atoms with Gasteiger partial charge in [0.1, 0.15) is 24.4 Å². The SMILES string of the molecule is O=C1COc2ccc(cc2)C[C@@H](C(=O)N[C@@H](CO)C(=O)O)CC(=O)[C@H](CCc2ccccc2)NC(=O)[C@@H](Cc2ccc(-c3ccccc3)cc2)NC(=O)[C@H](Cc2ccc(-c3ccncc3)cc2)C1. The lowest BCUT2D eigenvalue weighted by Crippen LogP contribution is -2.54. The second kappa shape index (κ2) is 23.6. The van der Waals surface area contributed by atoms with Crippen molar-refractivity contribution in [1.29, 1.82) is 0 Å². The number of aryl methyl sites for hydroxylation is 1. The second-order valence-electron chi connectivity index (χ2n) is 17.1. The highest BCUT2D eigenvalue weighted by Crippen LogP contribution is 2.25. The molecule has 0 unspecified atom stereocenters. The molecule has 0 saturated heterocycles. The number of pyridine rings is 1. The molecule has 5 atom stereocenters. The lowest BCUT2D eigenvalue weighted by atomic mass is 9.89. The molecule has 0 fully saturated rings. The number of carboxylic acid groups (broad SMARTS) is 1. The van der Waals surface area contributed by atoms with Crippen molar-refractivity contribution in [2.75, 3.05) is 13.2 Å². The lowest BCUT2D eigenvalue weighted by Gasteiger charge is -2.26. The van der Waals surface area contributed by atoms with Gasteiger partial charge in [-0.05, 0) is 94.5 Å². The average molecular weight is 915 g/mol. The first kappa shape index (κ1) is 48.2. The zero-order chi connectivity index (χ0) is 47.8. The quantitative estimate of drug-likeness (QED) is 0.0895. The maximum Gasteiger partial charge on any atom is 0.328 e. The molecule has 13 nitrogen and oxygen atoms in total. The van der Waals surface area contributed by atoms with Crippen molar-refractivity contribution in [3.8, 4) is 28.0 Å². The molecule has 13 heteroatoms. The topological polar surface area (TPSA) is 201 Å². The molecular formula is C55H54N4O9. The van der Waals surface area contributed by atoms with Crippen LogP contribution in [0.25, 0.3) is 22.3 Å². The number of aliphatic hydroxyl groups is 1. The van der Waals surface area contributed by atoms with Gasteiger partial charge < -0.3 is 30.9 Å². The van der Waals surface area contributed by atoms with Crippen molar-refractivity contribution in [2.24, 2.45) is 11.8 Å². The number of nitrogens with zero attached hydrogens (tertiary/aromatic N) is 1. The largest absolute Gasteiger partial charge is 0.486 e. The van der Waals surface area contributed by atoms with Crippen LogP contribution in [0.15, 0.2) is 158 Å². The Hall–Kier alpha value is -7.77. The predicted octanol–water partition coefficient (Wildman–Crippen LogP) is 6.15. The summed E-state index contributed by atoms with van der Waals surface area (Å²) < 4.78 is 5.88. The number of ether oxygens (including phenoxy) is 1. The van der Waals surface area contributed by atoms with Crippen LogP contribution in [0.4, 0.5) is 0 Å². The van der Waals surface area contributed by atoms with Gasteiger partial charge in [-0.25, -0.2) is 4.79 Å². The third kappa shape index (κ3) is 13.6. The van der Waals surface area contributed by atoms with Crippen LogP contribution in [-0.4, -0.2) is 81.8 Å². The van der Waals surface area contributed by atoms with Crippen molar-refractivity contribution in [3.05, 3.63) is 180 Å². The van der Waals surface area contributed by atoms with Crippen LogP contribution in [-0.2, 0) is 54.5 Å². The number of benzene rings is 5. The molecule has 8 rings (SSSR count). The summed E-state index contributed by atoms with van der Waals surface area (Å²) in [7, 11) is 0. The molecule has 3 heterocycles. The molecular weight excluding hydrogens is 861 g/mol. The van der Waals surface area contributed by atoms with Crippen LogP contribution in [0.5, 0.6) is 5.75 Å². The molecule has 5 aromatic carbocycles. The number of nitrogens with one attached hydrogen (secondary N) is 3. The number of fused-ring (bicyclic) bond motifs is 16. The number of carboxylic acids is 1. The van der Waals surface area contributed by atoms with Gasteiger partial charge in [-0.3, -0.25) is 29.0 Å². The first-order valence-electron chi connectivity index (χ1n) is 22.7. The number of hydrogen-bond acceptors (Lipinski definition) is 9. The summed E-state index contributed by atoms with van der Waals surface area (Å²) in [6.45, 7) is -1.22. The molecule has 2 aliphatic heterocycles. The highest BCUT2D eigenvalue weighted by molar-refractivity contribution is 5.96. The fourth-order valence-electron chi connectivity index (χ4n) is 8.28. The minimum absolute atomic E-state index is 0.00320. The van der Waals surface area contributed by atoms with Crippen LogP contribution >= 0.6 is 0 Å². The van der Waals surface area contributed by atoms with Crippen molar-refractivity contribution < 1.29 is 43.7 Å². The Kier molecular flexibility index (Phi) is 16.7. The van der Waals surface area contributed by atoms with E-state index in [1.165, 1.54) is 0 Å². The molecule has 0 spiro atoms. The van der Waals surface area contributed by atoms with E-state index in [1.54, 1.807) is 36.7 Å². The molecule has 0 aliphatic carbocycles. The summed E-state index contributed by atoms with van der Waals surface area (Å²) in [5, 5.41) is 27.6. The molecule has 6 aromatic rings. The molecule has 2 bridgehead atoms. The van der Waals surface area contributed by atoms with E-state index in [0.717, 1.165) is 38.9 Å². The normalized spacial score (nSPS) is 18.7. The van der Waals surface area contributed by atoms with Gasteiger partial charge in [-0.1, -0.05) is 121 Å². The number of hydrogen-bond donors (Lipinski definition) is 5. The van der Waals surface area contributed by atoms with Crippen molar-refractivity contribution in [1.82, 2.24) is 20.9 Å². The molecule has 3 amide bonds. The summed E-state index contributed by atoms with van der Waals surface area (Å²) in [5.41, 5.74) is 6.90. The van der Waals surface area contributed by atoms with Gasteiger partial charge in [0.05, 0.1) is 12.6 Å². The lowest BCUT2D eigenvalue weighted by molar-refractivity contribution is -0.143. The summed E-state index contributed by atoms with van der Waals surface area (Å²) in [5.74, 6) is -5.92. The van der Waals surface area contributed by atoms with E-state index in [1.807, 2.05) is 121 Å². The Morgan fingerprint density at radius 1 is 0.632 bits per heavy atom. The number of carbonyl (C=O) groups is 6. The fraction of sp³-hybridized carbons (Fsp3) is 0.255. The first-order chi connectivity index (χ1) is 33.0. The summed E-state index contributed by atoms with van der Waals surface area (Å²) in [4.78, 5) is 87.4. The van der Waals surface area contributed by atoms with E-state index in [-0.39, 0.29) is 44.5 Å². The highest BCUT2D eigenvalue weighted by atomic mass is 16.5. The maximum absolute atomic E-state index is 14.8. The molecule has 0 radical (unpaired) electrons. The van der Waals surface area contributed by atoms with E-state index in [0.29, 0.717) is 17.7 Å². The number of amides is 3. The Morgan fingerprint density at radius 3 is 1.82 bits per heavy atom. The van der Waals surface area contributed by atoms with E-state index in [2.05, 4.69) is 20.9 Å². The van der Waals surface area contributed by atoms with E-state index < -0.39 is 72.5 Å². The molecule has 1 aromatic heterocycles. The number of Topliss-reactive ketones (excluding diaryl/α,β-unsaturated/α-hetero) is 2. The molecule has 68 heavy (non-hydrogen) atoms. The number of carbonyl (C=O) groups excluding carboxylic acids is 5. The maximum atomic E-state index is 14.8. The number of aliphatic carboxylic acids is 1. The Bertz CT molecular complexity index is 2650. The van der Waals surface area contributed by atoms with Gasteiger partial charge in [0, 0.05) is 43.5 Å². The minimum atomic E-state index is -1.61. The van der Waals surface area contributed by atoms with E-state index >= 15 is 0 Å². The number of rotatable bonds is 13. The van der Waals surface area contributed by atoms with Gasteiger partial charge in [-0.15, -0.1) is 0 Å². The third-order valence-corrected chi connectivity index (χ3v) is 12.1. The summed E-state index contributed by atoms with van der Waals surface area (Å²) >= 11 is 0. The van der Waals surface area contributed by atoms with Crippen LogP contribution in [0.3, 0.4) is 0 Å². The van der Waals surface area contributed by atoms with Gasteiger partial charge in [-0.2, -0.15) is 0 Å². The average Bonchev–Trinajstić information content (AvgIpc) is 3.36. The number of aliphatic hydroxyl groups excluding tert-OH is 1. The van der Waals surface area contributed by atoms with Crippen molar-refractivity contribution in [2.45, 2.75) is 63.1 Å². The Morgan fingerprint density at radius 2 is 1.21 bits per heavy atom. The van der Waals surface area contributed by atoms with Crippen LogP contribution in [0.2, 0.25) is 0 Å². The van der Waals surface area contributed by atoms with Crippen molar-refractivity contribution >= 4 is 35.3 Å². The Balaban J connectivity index is 1.23. The minimum Gasteiger partial charge on any atom is -0.486 e. The fourth-order valence-corrected chi connectivity index (χ4v) is 8.28. The summed E-state index contributed by atoms with van der Waals surface area (Å²) in [6.07, 6.45) is 3.55. The number of ketones is 2. The summed E-state index contributed by atoms with van der Waals surface area (Å²) in [6, 6.07) is 40.9. The van der Waals surface area contributed by atoms with Gasteiger partial charge in [0.15, 0.2) is 11.6 Å². The third-order valence-electron chi connectivity index (χ3n) is 12.1. The van der Waals surface area contributed by atoms with Gasteiger partial charge in [0.2, 0.25) is 17.7 Å². The zero-order valence-corrected chi connectivity index (χ0v) is 37.5. The van der Waals surface area contributed by atoms with Gasteiger partial charge in [0.25, 0.3) is 0 Å². The molecule has 348 valence electrons. The monoisotopic (exact) mass is 914 g/mol. The molecule has 0 saturated carbocycles. The number of aromatic nitrogens is 1. The predicted molar refractivity (Wildman–Crippen MR) is 256 cm³/mol. The van der Waals surface area contributed by atoms with Crippen molar-refractivity contribution in [3.63, 3.8) is 0 Å². The Labute approximate surface area is 395 Å². The first-order valence-corrected chi connectivity index (χ1v) is 22.7. The highest BCUT2D eigenvalue weighted by Gasteiger charge is 2.34. The molecule has 5 N–H and O–H groups in total.